The lowest BCUT2D eigenvalue weighted by atomic mass is 10.0. The van der Waals surface area contributed by atoms with E-state index < -0.39 is 0 Å². The molecule has 1 unspecified atom stereocenters. The van der Waals surface area contributed by atoms with Gasteiger partial charge in [0.1, 0.15) is 18.1 Å². The third-order valence-electron chi connectivity index (χ3n) is 4.99. The number of fused-ring (bicyclic) bond motifs is 1. The Morgan fingerprint density at radius 2 is 1.97 bits per heavy atom. The standard InChI is InChI=1S/C23H27N5O.HI/c1-2-24-23(27-20-12-15-29-21-11-7-6-10-19(20)21)26-16-22-25-13-14-28(22)17-18-8-4-3-5-9-18;/h3-11,13-14,20H,2,12,15-17H2,1H3,(H2,24,26,27);1H. The number of benzene rings is 2. The van der Waals surface area contributed by atoms with E-state index in [1.807, 2.05) is 36.7 Å². The maximum atomic E-state index is 5.77. The van der Waals surface area contributed by atoms with Crippen LogP contribution in [0.4, 0.5) is 0 Å². The normalized spacial score (nSPS) is 15.5. The first kappa shape index (κ1) is 22.1. The first-order valence-electron chi connectivity index (χ1n) is 10.1. The maximum absolute atomic E-state index is 5.77. The Morgan fingerprint density at radius 1 is 1.17 bits per heavy atom. The Kier molecular flexibility index (Phi) is 8.12. The fraction of sp³-hybridized carbons (Fsp3) is 0.304. The van der Waals surface area contributed by atoms with Gasteiger partial charge in [-0.05, 0) is 18.6 Å². The van der Waals surface area contributed by atoms with Gasteiger partial charge < -0.3 is 19.9 Å². The summed E-state index contributed by atoms with van der Waals surface area (Å²) >= 11 is 0. The van der Waals surface area contributed by atoms with Crippen LogP contribution in [-0.4, -0.2) is 28.7 Å². The number of ether oxygens (including phenoxy) is 1. The Morgan fingerprint density at radius 3 is 2.80 bits per heavy atom. The van der Waals surface area contributed by atoms with Gasteiger partial charge in [0, 0.05) is 37.5 Å². The van der Waals surface area contributed by atoms with E-state index in [9.17, 15) is 0 Å². The molecular formula is C23H28IN5O. The molecule has 0 bridgehead atoms. The van der Waals surface area contributed by atoms with Crippen molar-refractivity contribution in [3.63, 3.8) is 0 Å². The summed E-state index contributed by atoms with van der Waals surface area (Å²) in [4.78, 5) is 9.30. The number of rotatable bonds is 6. The average Bonchev–Trinajstić information content (AvgIpc) is 3.20. The molecule has 6 nitrogen and oxygen atoms in total. The van der Waals surface area contributed by atoms with Crippen LogP contribution in [0.5, 0.6) is 5.75 Å². The fourth-order valence-electron chi connectivity index (χ4n) is 3.54. The molecular weight excluding hydrogens is 489 g/mol. The number of aromatic nitrogens is 2. The predicted molar refractivity (Wildman–Crippen MR) is 130 cm³/mol. The molecule has 158 valence electrons. The van der Waals surface area contributed by atoms with Crippen LogP contribution in [0.2, 0.25) is 0 Å². The van der Waals surface area contributed by atoms with Gasteiger partial charge in [-0.3, -0.25) is 0 Å². The van der Waals surface area contributed by atoms with Crippen molar-refractivity contribution < 1.29 is 4.74 Å². The first-order chi connectivity index (χ1) is 14.3. The van der Waals surface area contributed by atoms with Gasteiger partial charge in [0.2, 0.25) is 0 Å². The van der Waals surface area contributed by atoms with E-state index in [-0.39, 0.29) is 30.0 Å². The van der Waals surface area contributed by atoms with E-state index in [1.54, 1.807) is 0 Å². The first-order valence-corrected chi connectivity index (χ1v) is 10.1. The third-order valence-corrected chi connectivity index (χ3v) is 4.99. The summed E-state index contributed by atoms with van der Waals surface area (Å²) < 4.78 is 7.92. The number of halogens is 1. The molecule has 0 saturated carbocycles. The van der Waals surface area contributed by atoms with Gasteiger partial charge in [-0.15, -0.1) is 24.0 Å². The number of guanidine groups is 1. The van der Waals surface area contributed by atoms with E-state index in [4.69, 9.17) is 9.73 Å². The van der Waals surface area contributed by atoms with Gasteiger partial charge in [-0.1, -0.05) is 48.5 Å². The SMILES string of the molecule is CCNC(=NCc1nccn1Cc1ccccc1)NC1CCOc2ccccc21.I. The molecule has 2 heterocycles. The molecule has 1 aliphatic rings. The molecule has 0 aliphatic carbocycles. The van der Waals surface area contributed by atoms with Crippen LogP contribution in [0.25, 0.3) is 0 Å². The molecule has 0 saturated heterocycles. The zero-order chi connectivity index (χ0) is 19.9. The van der Waals surface area contributed by atoms with Gasteiger partial charge in [-0.2, -0.15) is 0 Å². The molecule has 0 fully saturated rings. The number of para-hydroxylation sites is 1. The minimum Gasteiger partial charge on any atom is -0.493 e. The fourth-order valence-corrected chi connectivity index (χ4v) is 3.54. The molecule has 0 spiro atoms. The van der Waals surface area contributed by atoms with E-state index in [2.05, 4.69) is 57.4 Å². The second-order valence-electron chi connectivity index (χ2n) is 7.02. The summed E-state index contributed by atoms with van der Waals surface area (Å²) in [7, 11) is 0. The Hall–Kier alpha value is -2.55. The number of hydrogen-bond acceptors (Lipinski definition) is 3. The monoisotopic (exact) mass is 517 g/mol. The van der Waals surface area contributed by atoms with Gasteiger partial charge in [-0.25, -0.2) is 9.98 Å². The van der Waals surface area contributed by atoms with Crippen LogP contribution < -0.4 is 15.4 Å². The van der Waals surface area contributed by atoms with Gasteiger partial charge in [0.15, 0.2) is 5.96 Å². The highest BCUT2D eigenvalue weighted by Crippen LogP contribution is 2.31. The molecule has 1 aromatic heterocycles. The van der Waals surface area contributed by atoms with Crippen molar-refractivity contribution in [3.8, 4) is 5.75 Å². The zero-order valence-electron chi connectivity index (χ0n) is 17.1. The Labute approximate surface area is 194 Å². The number of imidazole rings is 1. The molecule has 2 aromatic carbocycles. The lowest BCUT2D eigenvalue weighted by Gasteiger charge is -2.28. The Bertz CT molecular complexity index is 957. The minimum atomic E-state index is 0. The average molecular weight is 517 g/mol. The summed E-state index contributed by atoms with van der Waals surface area (Å²) in [5.41, 5.74) is 2.43. The van der Waals surface area contributed by atoms with E-state index >= 15 is 0 Å². The topological polar surface area (TPSA) is 63.5 Å². The molecule has 30 heavy (non-hydrogen) atoms. The van der Waals surface area contributed by atoms with Crippen LogP contribution in [-0.2, 0) is 13.1 Å². The molecule has 0 radical (unpaired) electrons. The zero-order valence-corrected chi connectivity index (χ0v) is 19.5. The van der Waals surface area contributed by atoms with Crippen molar-refractivity contribution in [2.24, 2.45) is 4.99 Å². The van der Waals surface area contributed by atoms with Crippen molar-refractivity contribution in [1.82, 2.24) is 20.2 Å². The van der Waals surface area contributed by atoms with Crippen molar-refractivity contribution in [2.45, 2.75) is 32.5 Å². The summed E-state index contributed by atoms with van der Waals surface area (Å²) in [6.07, 6.45) is 4.75. The molecule has 7 heteroatoms. The molecule has 3 aromatic rings. The van der Waals surface area contributed by atoms with Crippen LogP contribution in [0.1, 0.15) is 36.3 Å². The van der Waals surface area contributed by atoms with Crippen molar-refractivity contribution in [3.05, 3.63) is 83.9 Å². The minimum absolute atomic E-state index is 0. The molecule has 1 atom stereocenters. The highest BCUT2D eigenvalue weighted by molar-refractivity contribution is 14.0. The maximum Gasteiger partial charge on any atom is 0.192 e. The van der Waals surface area contributed by atoms with E-state index in [0.717, 1.165) is 37.0 Å². The van der Waals surface area contributed by atoms with E-state index in [0.29, 0.717) is 13.2 Å². The summed E-state index contributed by atoms with van der Waals surface area (Å²) in [6, 6.07) is 18.8. The third kappa shape index (κ3) is 5.53. The predicted octanol–water partition coefficient (Wildman–Crippen LogP) is 4.13. The number of hydrogen-bond donors (Lipinski definition) is 2. The number of nitrogens with zero attached hydrogens (tertiary/aromatic N) is 3. The van der Waals surface area contributed by atoms with Crippen LogP contribution >= 0.6 is 24.0 Å². The quantitative estimate of drug-likeness (QED) is 0.293. The van der Waals surface area contributed by atoms with Crippen LogP contribution in [0.3, 0.4) is 0 Å². The van der Waals surface area contributed by atoms with Crippen molar-refractivity contribution in [2.75, 3.05) is 13.2 Å². The summed E-state index contributed by atoms with van der Waals surface area (Å²) in [5, 5.41) is 6.92. The van der Waals surface area contributed by atoms with E-state index in [1.165, 1.54) is 11.1 Å². The van der Waals surface area contributed by atoms with Gasteiger partial charge in [0.25, 0.3) is 0 Å². The molecule has 1 aliphatic heterocycles. The number of nitrogens with one attached hydrogen (secondary N) is 2. The van der Waals surface area contributed by atoms with Crippen LogP contribution in [0, 0.1) is 0 Å². The van der Waals surface area contributed by atoms with Crippen molar-refractivity contribution >= 4 is 29.9 Å². The summed E-state index contributed by atoms with van der Waals surface area (Å²) in [6.45, 7) is 4.89. The molecule has 0 amide bonds. The summed E-state index contributed by atoms with van der Waals surface area (Å²) in [5.74, 6) is 2.69. The van der Waals surface area contributed by atoms with Crippen LogP contribution in [0.15, 0.2) is 72.0 Å². The highest BCUT2D eigenvalue weighted by atomic mass is 127. The number of aliphatic imine (C=N–C) groups is 1. The Balaban J connectivity index is 0.00000256. The van der Waals surface area contributed by atoms with Gasteiger partial charge in [0.05, 0.1) is 12.6 Å². The molecule has 2 N–H and O–H groups in total. The second kappa shape index (κ2) is 11.0. The lowest BCUT2D eigenvalue weighted by molar-refractivity contribution is 0.261. The largest absolute Gasteiger partial charge is 0.493 e. The highest BCUT2D eigenvalue weighted by Gasteiger charge is 2.21. The van der Waals surface area contributed by atoms with Gasteiger partial charge >= 0.3 is 0 Å². The lowest BCUT2D eigenvalue weighted by Crippen LogP contribution is -2.41. The smallest absolute Gasteiger partial charge is 0.192 e. The molecule has 4 rings (SSSR count). The van der Waals surface area contributed by atoms with Crippen molar-refractivity contribution in [1.29, 1.82) is 0 Å². The second-order valence-corrected chi connectivity index (χ2v) is 7.02.